The molecule has 2 aromatic heterocycles. The third-order valence-electron chi connectivity index (χ3n) is 2.94. The van der Waals surface area contributed by atoms with E-state index in [-0.39, 0.29) is 11.6 Å². The van der Waals surface area contributed by atoms with E-state index in [0.29, 0.717) is 16.9 Å². The molecule has 0 radical (unpaired) electrons. The summed E-state index contributed by atoms with van der Waals surface area (Å²) >= 11 is 4.97. The zero-order valence-electron chi connectivity index (χ0n) is 10.5. The van der Waals surface area contributed by atoms with E-state index in [1.807, 2.05) is 13.0 Å². The van der Waals surface area contributed by atoms with Crippen LogP contribution in [0.15, 0.2) is 38.6 Å². The number of nitrogens with two attached hydrogens (primary N) is 1. The number of nitrogen functional groups attached to an aromatic ring is 1. The first-order valence-corrected chi connectivity index (χ1v) is 7.45. The van der Waals surface area contributed by atoms with E-state index in [2.05, 4.69) is 21.1 Å². The van der Waals surface area contributed by atoms with Crippen molar-refractivity contribution in [2.75, 3.05) is 5.73 Å². The van der Waals surface area contributed by atoms with Crippen LogP contribution in [0, 0.1) is 12.7 Å². The highest BCUT2D eigenvalue weighted by molar-refractivity contribution is 9.11. The van der Waals surface area contributed by atoms with Gasteiger partial charge in [0.15, 0.2) is 11.6 Å². The molecule has 3 aromatic rings. The maximum atomic E-state index is 14.0. The van der Waals surface area contributed by atoms with Gasteiger partial charge in [0.2, 0.25) is 0 Å². The fourth-order valence-electron chi connectivity index (χ4n) is 1.97. The van der Waals surface area contributed by atoms with Crippen LogP contribution in [0.3, 0.4) is 0 Å². The smallest absolute Gasteiger partial charge is 0.187 e. The van der Waals surface area contributed by atoms with Gasteiger partial charge in [-0.2, -0.15) is 0 Å². The zero-order chi connectivity index (χ0) is 14.3. The summed E-state index contributed by atoms with van der Waals surface area (Å²) in [7, 11) is 0. The first kappa shape index (κ1) is 13.3. The van der Waals surface area contributed by atoms with E-state index >= 15 is 0 Å². The summed E-state index contributed by atoms with van der Waals surface area (Å²) < 4.78 is 20.3. The molecule has 0 atom stereocenters. The lowest BCUT2D eigenvalue weighted by atomic mass is 10.0. The van der Waals surface area contributed by atoms with Gasteiger partial charge in [-0.15, -0.1) is 11.3 Å². The lowest BCUT2D eigenvalue weighted by Gasteiger charge is -2.02. The first-order valence-electron chi connectivity index (χ1n) is 5.84. The third-order valence-corrected chi connectivity index (χ3v) is 5.08. The molecule has 0 aliphatic heterocycles. The number of hydrogen-bond donors (Lipinski definition) is 1. The fourth-order valence-corrected chi connectivity index (χ4v) is 3.48. The van der Waals surface area contributed by atoms with Gasteiger partial charge in [-0.25, -0.2) is 4.39 Å². The number of nitrogens with zero attached hydrogens (tertiary/aromatic N) is 1. The predicted octanol–water partition coefficient (Wildman–Crippen LogP) is 4.86. The molecule has 3 nitrogen and oxygen atoms in total. The molecule has 1 aromatic carbocycles. The SMILES string of the molecule is Cc1cc(-c2onc(N)c2-c2ccccc2F)sc1Br. The van der Waals surface area contributed by atoms with E-state index < -0.39 is 0 Å². The summed E-state index contributed by atoms with van der Waals surface area (Å²) in [6.07, 6.45) is 0. The van der Waals surface area contributed by atoms with E-state index in [9.17, 15) is 4.39 Å². The second kappa shape index (κ2) is 5.03. The number of rotatable bonds is 2. The number of halogens is 2. The highest BCUT2D eigenvalue weighted by atomic mass is 79.9. The van der Waals surface area contributed by atoms with Crippen molar-refractivity contribution < 1.29 is 8.91 Å². The van der Waals surface area contributed by atoms with Crippen LogP contribution < -0.4 is 5.73 Å². The van der Waals surface area contributed by atoms with Crippen molar-refractivity contribution in [1.82, 2.24) is 5.16 Å². The maximum Gasteiger partial charge on any atom is 0.187 e. The van der Waals surface area contributed by atoms with Crippen molar-refractivity contribution in [3.8, 4) is 21.8 Å². The Morgan fingerprint density at radius 1 is 1.35 bits per heavy atom. The van der Waals surface area contributed by atoms with Crippen LogP contribution in [-0.4, -0.2) is 5.16 Å². The molecule has 0 amide bonds. The summed E-state index contributed by atoms with van der Waals surface area (Å²) in [5, 5.41) is 3.78. The van der Waals surface area contributed by atoms with Crippen molar-refractivity contribution in [2.24, 2.45) is 0 Å². The van der Waals surface area contributed by atoms with Gasteiger partial charge in [-0.1, -0.05) is 23.4 Å². The van der Waals surface area contributed by atoms with Crippen LogP contribution >= 0.6 is 27.3 Å². The molecule has 0 unspecified atom stereocenters. The Balaban J connectivity index is 2.23. The monoisotopic (exact) mass is 352 g/mol. The molecular weight excluding hydrogens is 343 g/mol. The molecular formula is C14H10BrFN2OS. The Kier molecular flexibility index (Phi) is 3.35. The Bertz CT molecular complexity index is 762. The predicted molar refractivity (Wildman–Crippen MR) is 82.1 cm³/mol. The number of thiophene rings is 1. The molecule has 20 heavy (non-hydrogen) atoms. The Morgan fingerprint density at radius 2 is 2.10 bits per heavy atom. The van der Waals surface area contributed by atoms with Crippen LogP contribution in [0.5, 0.6) is 0 Å². The molecule has 0 aliphatic carbocycles. The van der Waals surface area contributed by atoms with Gasteiger partial charge in [0.25, 0.3) is 0 Å². The summed E-state index contributed by atoms with van der Waals surface area (Å²) in [5.74, 6) is 0.328. The standard InChI is InChI=1S/C14H10BrFN2OS/c1-7-6-10(20-13(7)15)12-11(14(17)18-19-12)8-4-2-3-5-9(8)16/h2-6H,1H3,(H2,17,18). The number of aryl methyl sites for hydroxylation is 1. The Hall–Kier alpha value is -1.66. The van der Waals surface area contributed by atoms with Crippen LogP contribution in [0.25, 0.3) is 21.8 Å². The van der Waals surface area contributed by atoms with Crippen molar-refractivity contribution in [2.45, 2.75) is 6.92 Å². The van der Waals surface area contributed by atoms with Crippen molar-refractivity contribution in [1.29, 1.82) is 0 Å². The van der Waals surface area contributed by atoms with Gasteiger partial charge in [0.1, 0.15) is 5.82 Å². The minimum atomic E-state index is -0.351. The Labute approximate surface area is 127 Å². The van der Waals surface area contributed by atoms with E-state index in [1.165, 1.54) is 17.4 Å². The van der Waals surface area contributed by atoms with Crippen LogP contribution in [0.2, 0.25) is 0 Å². The topological polar surface area (TPSA) is 52.0 Å². The van der Waals surface area contributed by atoms with Crippen LogP contribution in [-0.2, 0) is 0 Å². The molecule has 0 saturated carbocycles. The van der Waals surface area contributed by atoms with Gasteiger partial charge >= 0.3 is 0 Å². The van der Waals surface area contributed by atoms with Crippen molar-refractivity contribution >= 4 is 33.1 Å². The summed E-state index contributed by atoms with van der Waals surface area (Å²) in [6.45, 7) is 1.98. The molecule has 6 heteroatoms. The van der Waals surface area contributed by atoms with E-state index in [4.69, 9.17) is 10.3 Å². The first-order chi connectivity index (χ1) is 9.58. The number of hydrogen-bond acceptors (Lipinski definition) is 4. The van der Waals surface area contributed by atoms with E-state index in [1.54, 1.807) is 18.2 Å². The van der Waals surface area contributed by atoms with Crippen molar-refractivity contribution in [3.05, 3.63) is 45.5 Å². The van der Waals surface area contributed by atoms with E-state index in [0.717, 1.165) is 14.2 Å². The fraction of sp³-hybridized carbons (Fsp3) is 0.0714. The average molecular weight is 353 g/mol. The molecule has 0 bridgehead atoms. The molecule has 0 saturated heterocycles. The molecule has 2 heterocycles. The van der Waals surface area contributed by atoms with Gasteiger partial charge in [-0.05, 0) is 40.5 Å². The van der Waals surface area contributed by atoms with Crippen molar-refractivity contribution in [3.63, 3.8) is 0 Å². The summed E-state index contributed by atoms with van der Waals surface area (Å²) in [4.78, 5) is 0.858. The lowest BCUT2D eigenvalue weighted by Crippen LogP contribution is -1.90. The molecule has 0 spiro atoms. The van der Waals surface area contributed by atoms with Gasteiger partial charge in [0.05, 0.1) is 14.2 Å². The summed E-state index contributed by atoms with van der Waals surface area (Å²) in [6, 6.07) is 8.40. The van der Waals surface area contributed by atoms with Crippen LogP contribution in [0.1, 0.15) is 5.56 Å². The zero-order valence-corrected chi connectivity index (χ0v) is 12.9. The highest BCUT2D eigenvalue weighted by Crippen LogP contribution is 2.42. The normalized spacial score (nSPS) is 10.9. The molecule has 3 rings (SSSR count). The van der Waals surface area contributed by atoms with Crippen LogP contribution in [0.4, 0.5) is 10.2 Å². The van der Waals surface area contributed by atoms with Gasteiger partial charge < -0.3 is 10.3 Å². The molecule has 102 valence electrons. The maximum absolute atomic E-state index is 14.0. The number of anilines is 1. The van der Waals surface area contributed by atoms with Gasteiger partial charge in [0, 0.05) is 5.56 Å². The average Bonchev–Trinajstić information content (AvgIpc) is 2.94. The number of benzene rings is 1. The lowest BCUT2D eigenvalue weighted by molar-refractivity contribution is 0.437. The second-order valence-corrected chi connectivity index (χ2v) is 6.69. The Morgan fingerprint density at radius 3 is 2.75 bits per heavy atom. The highest BCUT2D eigenvalue weighted by Gasteiger charge is 2.21. The van der Waals surface area contributed by atoms with Gasteiger partial charge in [-0.3, -0.25) is 0 Å². The minimum absolute atomic E-state index is 0.187. The molecule has 0 aliphatic rings. The third kappa shape index (κ3) is 2.14. The number of aromatic nitrogens is 1. The molecule has 0 fully saturated rings. The quantitative estimate of drug-likeness (QED) is 0.716. The second-order valence-electron chi connectivity index (χ2n) is 4.32. The molecule has 2 N–H and O–H groups in total. The largest absolute Gasteiger partial charge is 0.380 e. The summed E-state index contributed by atoms with van der Waals surface area (Å²) in [5.41, 5.74) is 7.82. The minimum Gasteiger partial charge on any atom is -0.380 e.